The molecular formula is C20H26N4O5. The van der Waals surface area contributed by atoms with Crippen LogP contribution in [0.5, 0.6) is 11.5 Å². The Morgan fingerprint density at radius 2 is 2.03 bits per heavy atom. The molecule has 1 saturated carbocycles. The number of carbonyl (C=O) groups is 3. The molecule has 9 heteroatoms. The van der Waals surface area contributed by atoms with Gasteiger partial charge in [0, 0.05) is 6.54 Å². The van der Waals surface area contributed by atoms with Gasteiger partial charge in [0.2, 0.25) is 0 Å². The molecule has 9 nitrogen and oxygen atoms in total. The maximum absolute atomic E-state index is 12.7. The van der Waals surface area contributed by atoms with E-state index in [1.807, 2.05) is 6.92 Å². The van der Waals surface area contributed by atoms with Gasteiger partial charge in [-0.1, -0.05) is 19.3 Å². The molecule has 1 aromatic rings. The smallest absolute Gasteiger partial charge is 0.346 e. The van der Waals surface area contributed by atoms with Gasteiger partial charge in [-0.2, -0.15) is 5.10 Å². The van der Waals surface area contributed by atoms with Gasteiger partial charge in [-0.15, -0.1) is 5.01 Å². The fourth-order valence-corrected chi connectivity index (χ4v) is 3.60. The Hall–Kier alpha value is -3.10. The Balaban J connectivity index is 1.69. The fraction of sp³-hybridized carbons (Fsp3) is 0.500. The third kappa shape index (κ3) is 4.49. The SMILES string of the molecule is CCNC(=O)COc1ccc(/C=N\N2C(=O)NC3(CCCCC3)C2=O)cc1OC. The highest BCUT2D eigenvalue weighted by Crippen LogP contribution is 2.34. The first-order valence-corrected chi connectivity index (χ1v) is 9.77. The summed E-state index contributed by atoms with van der Waals surface area (Å²) in [7, 11) is 1.49. The molecule has 3 rings (SSSR count). The second kappa shape index (κ2) is 8.93. The summed E-state index contributed by atoms with van der Waals surface area (Å²) in [6.07, 6.45) is 5.62. The molecule has 2 aliphatic rings. The van der Waals surface area contributed by atoms with Crippen molar-refractivity contribution in [3.05, 3.63) is 23.8 Å². The number of hydrogen-bond acceptors (Lipinski definition) is 6. The number of imide groups is 1. The molecule has 2 N–H and O–H groups in total. The summed E-state index contributed by atoms with van der Waals surface area (Å²) in [5.74, 6) is 0.300. The summed E-state index contributed by atoms with van der Waals surface area (Å²) in [5, 5.41) is 10.5. The number of amides is 4. The third-order valence-electron chi connectivity index (χ3n) is 5.09. The summed E-state index contributed by atoms with van der Waals surface area (Å²) in [4.78, 5) is 36.5. The lowest BCUT2D eigenvalue weighted by molar-refractivity contribution is -0.132. The highest BCUT2D eigenvalue weighted by molar-refractivity contribution is 6.07. The molecule has 1 aliphatic carbocycles. The van der Waals surface area contributed by atoms with Gasteiger partial charge in [-0.3, -0.25) is 9.59 Å². The molecule has 0 atom stereocenters. The molecule has 0 aromatic heterocycles. The first kappa shape index (κ1) is 20.6. The monoisotopic (exact) mass is 402 g/mol. The van der Waals surface area contributed by atoms with Gasteiger partial charge in [-0.25, -0.2) is 4.79 Å². The van der Waals surface area contributed by atoms with E-state index in [9.17, 15) is 14.4 Å². The largest absolute Gasteiger partial charge is 0.493 e. The molecule has 4 amide bonds. The predicted molar refractivity (Wildman–Crippen MR) is 106 cm³/mol. The van der Waals surface area contributed by atoms with Gasteiger partial charge in [0.05, 0.1) is 13.3 Å². The number of methoxy groups -OCH3 is 1. The Morgan fingerprint density at radius 3 is 2.72 bits per heavy atom. The zero-order valence-electron chi connectivity index (χ0n) is 16.7. The van der Waals surface area contributed by atoms with E-state index in [0.29, 0.717) is 36.4 Å². The Kier molecular flexibility index (Phi) is 6.36. The minimum atomic E-state index is -0.804. The minimum Gasteiger partial charge on any atom is -0.493 e. The number of urea groups is 1. The van der Waals surface area contributed by atoms with Crippen LogP contribution < -0.4 is 20.1 Å². The van der Waals surface area contributed by atoms with E-state index >= 15 is 0 Å². The van der Waals surface area contributed by atoms with Crippen LogP contribution in [0.2, 0.25) is 0 Å². The van der Waals surface area contributed by atoms with Crippen molar-refractivity contribution in [3.63, 3.8) is 0 Å². The minimum absolute atomic E-state index is 0.123. The molecule has 1 heterocycles. The van der Waals surface area contributed by atoms with Crippen LogP contribution in [-0.2, 0) is 9.59 Å². The Labute approximate surface area is 169 Å². The molecule has 1 aliphatic heterocycles. The summed E-state index contributed by atoms with van der Waals surface area (Å²) >= 11 is 0. The van der Waals surface area contributed by atoms with Crippen LogP contribution in [0.1, 0.15) is 44.6 Å². The molecule has 2 fully saturated rings. The molecule has 1 saturated heterocycles. The van der Waals surface area contributed by atoms with Gasteiger partial charge in [0.1, 0.15) is 5.54 Å². The number of hydrogen-bond donors (Lipinski definition) is 2. The topological polar surface area (TPSA) is 109 Å². The van der Waals surface area contributed by atoms with Gasteiger partial charge < -0.3 is 20.1 Å². The summed E-state index contributed by atoms with van der Waals surface area (Å²) in [6, 6.07) is 4.51. The van der Waals surface area contributed by atoms with Crippen molar-refractivity contribution in [2.45, 2.75) is 44.6 Å². The van der Waals surface area contributed by atoms with Crippen molar-refractivity contribution in [2.75, 3.05) is 20.3 Å². The van der Waals surface area contributed by atoms with Gasteiger partial charge in [0.25, 0.3) is 11.8 Å². The molecular weight excluding hydrogens is 376 g/mol. The summed E-state index contributed by atoms with van der Waals surface area (Å²) < 4.78 is 10.8. The van der Waals surface area contributed by atoms with Gasteiger partial charge >= 0.3 is 6.03 Å². The molecule has 1 spiro atoms. The van der Waals surface area contributed by atoms with Gasteiger partial charge in [0.15, 0.2) is 18.1 Å². The number of hydrazone groups is 1. The highest BCUT2D eigenvalue weighted by Gasteiger charge is 2.51. The number of ether oxygens (including phenoxy) is 2. The lowest BCUT2D eigenvalue weighted by Crippen LogP contribution is -2.48. The molecule has 29 heavy (non-hydrogen) atoms. The van der Waals surface area contributed by atoms with Crippen molar-refractivity contribution >= 4 is 24.1 Å². The molecule has 1 aromatic carbocycles. The highest BCUT2D eigenvalue weighted by atomic mass is 16.5. The Morgan fingerprint density at radius 1 is 1.28 bits per heavy atom. The maximum atomic E-state index is 12.7. The zero-order valence-corrected chi connectivity index (χ0v) is 16.7. The number of carbonyl (C=O) groups excluding carboxylic acids is 3. The number of rotatable bonds is 7. The normalized spacial score (nSPS) is 18.2. The first-order valence-electron chi connectivity index (χ1n) is 9.77. The van der Waals surface area contributed by atoms with Crippen LogP contribution in [0.15, 0.2) is 23.3 Å². The van der Waals surface area contributed by atoms with Gasteiger partial charge in [-0.05, 0) is 43.5 Å². The average Bonchev–Trinajstić information content (AvgIpc) is 2.94. The molecule has 0 unspecified atom stereocenters. The number of benzene rings is 1. The van der Waals surface area contributed by atoms with Crippen LogP contribution in [0.25, 0.3) is 0 Å². The zero-order chi connectivity index (χ0) is 20.9. The van der Waals surface area contributed by atoms with E-state index < -0.39 is 11.6 Å². The van der Waals surface area contributed by atoms with Crippen molar-refractivity contribution in [3.8, 4) is 11.5 Å². The third-order valence-corrected chi connectivity index (χ3v) is 5.09. The van der Waals surface area contributed by atoms with Crippen LogP contribution in [0.3, 0.4) is 0 Å². The number of nitrogens with one attached hydrogen (secondary N) is 2. The molecule has 156 valence electrons. The van der Waals surface area contributed by atoms with Crippen LogP contribution >= 0.6 is 0 Å². The van der Waals surface area contributed by atoms with Crippen molar-refractivity contribution < 1.29 is 23.9 Å². The molecule has 0 radical (unpaired) electrons. The standard InChI is InChI=1S/C20H26N4O5/c1-3-21-17(25)13-29-15-8-7-14(11-16(15)28-2)12-22-24-18(26)20(23-19(24)27)9-5-4-6-10-20/h7-8,11-12H,3-6,9-10,13H2,1-2H3,(H,21,25)(H,23,27)/b22-12-. The summed E-state index contributed by atoms with van der Waals surface area (Å²) in [6.45, 7) is 2.23. The average molecular weight is 402 g/mol. The fourth-order valence-electron chi connectivity index (χ4n) is 3.60. The van der Waals surface area contributed by atoms with E-state index in [-0.39, 0.29) is 18.4 Å². The van der Waals surface area contributed by atoms with Crippen molar-refractivity contribution in [1.29, 1.82) is 0 Å². The van der Waals surface area contributed by atoms with E-state index in [4.69, 9.17) is 9.47 Å². The lowest BCUT2D eigenvalue weighted by Gasteiger charge is -2.29. The van der Waals surface area contributed by atoms with E-state index in [1.54, 1.807) is 18.2 Å². The van der Waals surface area contributed by atoms with Crippen LogP contribution in [0, 0.1) is 0 Å². The van der Waals surface area contributed by atoms with Crippen molar-refractivity contribution in [1.82, 2.24) is 15.6 Å². The summed E-state index contributed by atoms with van der Waals surface area (Å²) in [5.41, 5.74) is -0.182. The van der Waals surface area contributed by atoms with Crippen LogP contribution in [-0.4, -0.2) is 54.9 Å². The predicted octanol–water partition coefficient (Wildman–Crippen LogP) is 1.80. The van der Waals surface area contributed by atoms with E-state index in [2.05, 4.69) is 15.7 Å². The first-order chi connectivity index (χ1) is 14.0. The number of nitrogens with zero attached hydrogens (tertiary/aromatic N) is 2. The number of likely N-dealkylation sites (N-methyl/N-ethyl adjacent to an activating group) is 1. The van der Waals surface area contributed by atoms with E-state index in [1.165, 1.54) is 13.3 Å². The quantitative estimate of drug-likeness (QED) is 0.534. The maximum Gasteiger partial charge on any atom is 0.346 e. The second-order valence-electron chi connectivity index (χ2n) is 7.09. The van der Waals surface area contributed by atoms with Crippen molar-refractivity contribution in [2.24, 2.45) is 5.10 Å². The second-order valence-corrected chi connectivity index (χ2v) is 7.09. The lowest BCUT2D eigenvalue weighted by atomic mass is 9.82. The Bertz CT molecular complexity index is 817. The van der Waals surface area contributed by atoms with E-state index in [0.717, 1.165) is 24.3 Å². The molecule has 0 bridgehead atoms. The van der Waals surface area contributed by atoms with Crippen LogP contribution in [0.4, 0.5) is 4.79 Å².